The van der Waals surface area contributed by atoms with E-state index in [1.165, 1.54) is 0 Å². The van der Waals surface area contributed by atoms with Crippen LogP contribution in [-0.2, 0) is 28.4 Å². The second-order valence-corrected chi connectivity index (χ2v) is 8.36. The number of allylic oxidation sites excluding steroid dienone is 1. The molecule has 1 radical (unpaired) electrons. The maximum atomic E-state index is 5.79. The van der Waals surface area contributed by atoms with Crippen molar-refractivity contribution in [2.24, 2.45) is 5.41 Å². The van der Waals surface area contributed by atoms with Crippen molar-refractivity contribution in [1.29, 1.82) is 0 Å². The van der Waals surface area contributed by atoms with Crippen molar-refractivity contribution in [2.45, 2.75) is 29.4 Å². The number of ether oxygens (including phenoxy) is 6. The SMILES string of the molecule is [CH2]C1(C(OC)(OC)C([SiH3])OC)C=CC(C(OC)(OC)C([SiH3])OC)=CC1. The van der Waals surface area contributed by atoms with E-state index in [1.807, 2.05) is 12.2 Å². The van der Waals surface area contributed by atoms with E-state index in [0.717, 1.165) is 26.1 Å². The summed E-state index contributed by atoms with van der Waals surface area (Å²) in [5, 5.41) is 0. The van der Waals surface area contributed by atoms with E-state index < -0.39 is 17.0 Å². The minimum Gasteiger partial charge on any atom is -0.380 e. The lowest BCUT2D eigenvalue weighted by Crippen LogP contribution is -2.59. The van der Waals surface area contributed by atoms with Crippen molar-refractivity contribution in [1.82, 2.24) is 0 Å². The van der Waals surface area contributed by atoms with Crippen LogP contribution in [0.1, 0.15) is 6.42 Å². The molecule has 0 heterocycles. The second kappa shape index (κ2) is 9.05. The molecule has 0 bridgehead atoms. The van der Waals surface area contributed by atoms with Crippen LogP contribution in [0.5, 0.6) is 0 Å². The average Bonchev–Trinajstić information content (AvgIpc) is 2.65. The van der Waals surface area contributed by atoms with Gasteiger partial charge in [0.05, 0.1) is 11.5 Å². The summed E-state index contributed by atoms with van der Waals surface area (Å²) in [6, 6.07) is 0. The summed E-state index contributed by atoms with van der Waals surface area (Å²) >= 11 is 0. The third-order valence-corrected chi connectivity index (χ3v) is 7.82. The quantitative estimate of drug-likeness (QED) is 0.366. The lowest BCUT2D eigenvalue weighted by atomic mass is 9.73. The molecule has 3 atom stereocenters. The fourth-order valence-corrected chi connectivity index (χ4v) is 5.47. The summed E-state index contributed by atoms with van der Waals surface area (Å²) in [4.78, 5) is 0. The summed E-state index contributed by atoms with van der Waals surface area (Å²) in [6.07, 6.45) is 6.61. The van der Waals surface area contributed by atoms with E-state index in [9.17, 15) is 0 Å². The highest BCUT2D eigenvalue weighted by atomic mass is 28.1. The van der Waals surface area contributed by atoms with Crippen LogP contribution in [0.3, 0.4) is 0 Å². The molecule has 1 aliphatic rings. The minimum atomic E-state index is -0.961. The van der Waals surface area contributed by atoms with E-state index in [0.29, 0.717) is 6.42 Å². The van der Waals surface area contributed by atoms with Gasteiger partial charge in [0, 0.05) is 74.1 Å². The lowest BCUT2D eigenvalue weighted by molar-refractivity contribution is -0.285. The Labute approximate surface area is 157 Å². The van der Waals surface area contributed by atoms with Crippen molar-refractivity contribution in [3.05, 3.63) is 30.7 Å². The van der Waals surface area contributed by atoms with Crippen LogP contribution in [0.4, 0.5) is 0 Å². The third kappa shape index (κ3) is 3.72. The minimum absolute atomic E-state index is 0.157. The predicted octanol–water partition coefficient (Wildman–Crippen LogP) is -0.653. The first-order chi connectivity index (χ1) is 11.8. The standard InChI is InChI=1S/C17H33O6Si2/c1-15(17(22-6,23-7)14(25)19-3)10-8-12(9-11-15)16(20-4,21-5)13(24)18-2/h8-10,13-14H,1,11H2,2-7,24-25H3. The molecular formula is C17H33O6Si2. The summed E-state index contributed by atoms with van der Waals surface area (Å²) < 4.78 is 34.1. The molecule has 0 aromatic heterocycles. The second-order valence-electron chi connectivity index (χ2n) is 6.26. The topological polar surface area (TPSA) is 55.4 Å². The zero-order chi connectivity index (χ0) is 19.3. The van der Waals surface area contributed by atoms with E-state index in [-0.39, 0.29) is 11.5 Å². The van der Waals surface area contributed by atoms with E-state index in [4.69, 9.17) is 28.4 Å². The van der Waals surface area contributed by atoms with E-state index in [1.54, 1.807) is 42.7 Å². The first kappa shape index (κ1) is 22.7. The van der Waals surface area contributed by atoms with E-state index in [2.05, 4.69) is 13.0 Å². The molecule has 1 rings (SSSR count). The summed E-state index contributed by atoms with van der Waals surface area (Å²) in [6.45, 7) is 4.40. The first-order valence-corrected chi connectivity index (χ1v) is 10.6. The zero-order valence-electron chi connectivity index (χ0n) is 16.8. The molecule has 0 saturated heterocycles. The number of hydrogen-bond donors (Lipinski definition) is 0. The molecule has 3 unspecified atom stereocenters. The zero-order valence-corrected chi connectivity index (χ0v) is 20.8. The highest BCUT2D eigenvalue weighted by Crippen LogP contribution is 2.46. The third-order valence-electron chi connectivity index (χ3n) is 5.35. The Morgan fingerprint density at radius 1 is 0.960 bits per heavy atom. The fraction of sp³-hybridized carbons (Fsp3) is 0.706. The van der Waals surface area contributed by atoms with Crippen LogP contribution in [0.25, 0.3) is 0 Å². The van der Waals surface area contributed by atoms with Gasteiger partial charge in [-0.2, -0.15) is 0 Å². The Hall–Kier alpha value is -0.326. The molecule has 0 N–H and O–H groups in total. The van der Waals surface area contributed by atoms with Crippen LogP contribution < -0.4 is 0 Å². The van der Waals surface area contributed by atoms with Gasteiger partial charge in [-0.15, -0.1) is 0 Å². The van der Waals surface area contributed by atoms with Crippen molar-refractivity contribution < 1.29 is 28.4 Å². The molecule has 0 spiro atoms. The molecule has 145 valence electrons. The van der Waals surface area contributed by atoms with Gasteiger partial charge in [0.2, 0.25) is 5.79 Å². The van der Waals surface area contributed by atoms with Crippen molar-refractivity contribution >= 4 is 20.5 Å². The average molecular weight is 390 g/mol. The molecule has 25 heavy (non-hydrogen) atoms. The van der Waals surface area contributed by atoms with Gasteiger partial charge < -0.3 is 28.4 Å². The first-order valence-electron chi connectivity index (χ1n) is 8.28. The maximum Gasteiger partial charge on any atom is 0.217 e. The number of methoxy groups -OCH3 is 6. The predicted molar refractivity (Wildman–Crippen MR) is 105 cm³/mol. The molecule has 8 heteroatoms. The smallest absolute Gasteiger partial charge is 0.217 e. The summed E-state index contributed by atoms with van der Waals surface area (Å²) in [5.41, 5.74) is -0.0687. The Bertz CT molecular complexity index is 488. The molecule has 0 saturated carbocycles. The van der Waals surface area contributed by atoms with E-state index >= 15 is 0 Å². The normalized spacial score (nSPS) is 24.4. The Kier molecular flexibility index (Phi) is 8.22. The Morgan fingerprint density at radius 2 is 1.48 bits per heavy atom. The van der Waals surface area contributed by atoms with Crippen LogP contribution in [0.15, 0.2) is 23.8 Å². The molecular weight excluding hydrogens is 356 g/mol. The maximum absolute atomic E-state index is 5.79. The fourth-order valence-electron chi connectivity index (χ4n) is 3.62. The van der Waals surface area contributed by atoms with Gasteiger partial charge in [-0.3, -0.25) is 0 Å². The largest absolute Gasteiger partial charge is 0.380 e. The van der Waals surface area contributed by atoms with Gasteiger partial charge in [-0.25, -0.2) is 0 Å². The van der Waals surface area contributed by atoms with Gasteiger partial charge in [0.1, 0.15) is 0 Å². The van der Waals surface area contributed by atoms with Gasteiger partial charge in [-0.1, -0.05) is 18.2 Å². The van der Waals surface area contributed by atoms with Crippen LogP contribution in [0.2, 0.25) is 0 Å². The molecule has 0 aromatic rings. The van der Waals surface area contributed by atoms with Crippen LogP contribution in [0, 0.1) is 12.3 Å². The Morgan fingerprint density at radius 3 is 1.80 bits per heavy atom. The monoisotopic (exact) mass is 389 g/mol. The lowest BCUT2D eigenvalue weighted by Gasteiger charge is -2.49. The van der Waals surface area contributed by atoms with Gasteiger partial charge >= 0.3 is 0 Å². The summed E-state index contributed by atoms with van der Waals surface area (Å²) in [7, 11) is 11.3. The Balaban J connectivity index is 3.26. The number of rotatable bonds is 10. The highest BCUT2D eigenvalue weighted by Gasteiger charge is 2.53. The van der Waals surface area contributed by atoms with Crippen LogP contribution in [-0.4, -0.2) is 86.2 Å². The van der Waals surface area contributed by atoms with Crippen molar-refractivity contribution in [2.75, 3.05) is 42.7 Å². The molecule has 1 aliphatic carbocycles. The molecule has 0 aliphatic heterocycles. The van der Waals surface area contributed by atoms with Gasteiger partial charge in [0.15, 0.2) is 5.79 Å². The van der Waals surface area contributed by atoms with Gasteiger partial charge in [-0.05, 0) is 13.3 Å². The van der Waals surface area contributed by atoms with Crippen molar-refractivity contribution in [3.63, 3.8) is 0 Å². The molecule has 6 nitrogen and oxygen atoms in total. The highest BCUT2D eigenvalue weighted by molar-refractivity contribution is 6.12. The van der Waals surface area contributed by atoms with Crippen LogP contribution >= 0.6 is 0 Å². The molecule has 0 aromatic carbocycles. The van der Waals surface area contributed by atoms with Crippen molar-refractivity contribution in [3.8, 4) is 0 Å². The summed E-state index contributed by atoms with van der Waals surface area (Å²) in [5.74, 6) is -1.89. The molecule has 0 amide bonds. The molecule has 0 fully saturated rings. The van der Waals surface area contributed by atoms with Gasteiger partial charge in [0.25, 0.3) is 0 Å². The number of hydrogen-bond acceptors (Lipinski definition) is 6.